The van der Waals surface area contributed by atoms with E-state index >= 15 is 0 Å². The highest BCUT2D eigenvalue weighted by atomic mass is 79.9. The summed E-state index contributed by atoms with van der Waals surface area (Å²) < 4.78 is 11.7. The Bertz CT molecular complexity index is 1600. The minimum atomic E-state index is -0.947. The number of hydrogen-bond donors (Lipinski definition) is 1. The molecule has 1 aliphatic heterocycles. The average molecular weight is 560 g/mol. The molecule has 0 saturated heterocycles. The summed E-state index contributed by atoms with van der Waals surface area (Å²) in [5.74, 6) is -2.56. The summed E-state index contributed by atoms with van der Waals surface area (Å²) >= 11 is 3.41. The van der Waals surface area contributed by atoms with Crippen LogP contribution in [-0.4, -0.2) is 29.4 Å². The molecule has 5 rings (SSSR count). The van der Waals surface area contributed by atoms with Crippen molar-refractivity contribution >= 4 is 50.2 Å². The summed E-state index contributed by atoms with van der Waals surface area (Å²) in [5.41, 5.74) is 2.53. The lowest BCUT2D eigenvalue weighted by Gasteiger charge is -2.27. The highest BCUT2D eigenvalue weighted by molar-refractivity contribution is 9.10. The first-order chi connectivity index (χ1) is 17.8. The molecule has 1 amide bonds. The van der Waals surface area contributed by atoms with Crippen LogP contribution in [0.15, 0.2) is 93.0 Å². The van der Waals surface area contributed by atoms with Crippen LogP contribution in [0.25, 0.3) is 11.0 Å². The van der Waals surface area contributed by atoms with E-state index in [1.54, 1.807) is 49.4 Å². The smallest absolute Gasteiger partial charge is 0.338 e. The van der Waals surface area contributed by atoms with Crippen molar-refractivity contribution in [1.29, 1.82) is 0 Å². The van der Waals surface area contributed by atoms with Crippen LogP contribution in [0.4, 0.5) is 5.69 Å². The van der Waals surface area contributed by atoms with Crippen molar-refractivity contribution in [3.63, 3.8) is 0 Å². The zero-order valence-electron chi connectivity index (χ0n) is 20.0. The van der Waals surface area contributed by atoms with Gasteiger partial charge in [0.25, 0.3) is 5.91 Å². The lowest BCUT2D eigenvalue weighted by molar-refractivity contribution is -0.117. The van der Waals surface area contributed by atoms with Crippen LogP contribution in [-0.2, 0) is 9.53 Å². The normalized spacial score (nSPS) is 15.5. The van der Waals surface area contributed by atoms with Gasteiger partial charge in [0.05, 0.1) is 23.8 Å². The molecule has 1 unspecified atom stereocenters. The van der Waals surface area contributed by atoms with Crippen LogP contribution in [0.1, 0.15) is 45.0 Å². The van der Waals surface area contributed by atoms with E-state index in [4.69, 9.17) is 9.15 Å². The number of fused-ring (bicyclic) bond motifs is 1. The number of aryl methyl sites for hydroxylation is 1. The second-order valence-corrected chi connectivity index (χ2v) is 9.56. The van der Waals surface area contributed by atoms with Crippen molar-refractivity contribution < 1.29 is 28.6 Å². The summed E-state index contributed by atoms with van der Waals surface area (Å²) in [4.78, 5) is 40.9. The third-order valence-electron chi connectivity index (χ3n) is 6.15. The fourth-order valence-corrected chi connectivity index (χ4v) is 4.89. The van der Waals surface area contributed by atoms with Gasteiger partial charge < -0.3 is 14.3 Å². The molecule has 7 nitrogen and oxygen atoms in total. The van der Waals surface area contributed by atoms with Gasteiger partial charge in [-0.15, -0.1) is 0 Å². The predicted molar refractivity (Wildman–Crippen MR) is 142 cm³/mol. The standard InChI is InChI=1S/C29H22BrNO6/c1-3-36-29(35)18-8-5-9-21(14-18)31-25(17-7-4-6-16(2)12-17)24(27(33)28(31)34)26(32)23-15-19-13-20(30)10-11-22(19)37-23/h4-15,25,33H,3H2,1-2H3. The Labute approximate surface area is 221 Å². The van der Waals surface area contributed by atoms with E-state index in [0.29, 0.717) is 22.2 Å². The van der Waals surface area contributed by atoms with Crippen LogP contribution in [0.3, 0.4) is 0 Å². The van der Waals surface area contributed by atoms with Gasteiger partial charge in [-0.05, 0) is 61.9 Å². The Hall–Kier alpha value is -4.17. The zero-order valence-corrected chi connectivity index (χ0v) is 21.6. The third kappa shape index (κ3) is 4.44. The fraction of sp³-hybridized carbons (Fsp3) is 0.138. The third-order valence-corrected chi connectivity index (χ3v) is 6.64. The molecule has 0 fully saturated rings. The van der Waals surface area contributed by atoms with Gasteiger partial charge in [0.1, 0.15) is 5.58 Å². The van der Waals surface area contributed by atoms with Gasteiger partial charge in [-0.2, -0.15) is 0 Å². The first-order valence-corrected chi connectivity index (χ1v) is 12.4. The molecule has 1 aromatic heterocycles. The molecule has 3 aromatic carbocycles. The molecule has 0 spiro atoms. The van der Waals surface area contributed by atoms with Crippen LogP contribution < -0.4 is 4.90 Å². The SMILES string of the molecule is CCOC(=O)c1cccc(N2C(=O)C(O)=C(C(=O)c3cc4cc(Br)ccc4o3)C2c2cccc(C)c2)c1. The maximum Gasteiger partial charge on any atom is 0.338 e. The zero-order chi connectivity index (χ0) is 26.3. The molecule has 2 heterocycles. The quantitative estimate of drug-likeness (QED) is 0.215. The number of carbonyl (C=O) groups is 3. The molecule has 0 bridgehead atoms. The number of esters is 1. The molecule has 186 valence electrons. The van der Waals surface area contributed by atoms with Crippen molar-refractivity contribution in [1.82, 2.24) is 0 Å². The number of furan rings is 1. The summed E-state index contributed by atoms with van der Waals surface area (Å²) in [7, 11) is 0. The van der Waals surface area contributed by atoms with Gasteiger partial charge >= 0.3 is 5.97 Å². The number of halogens is 1. The maximum atomic E-state index is 13.8. The van der Waals surface area contributed by atoms with Crippen molar-refractivity contribution in [3.8, 4) is 0 Å². The molecule has 37 heavy (non-hydrogen) atoms. The number of Topliss-reactive ketones (excluding diaryl/α,β-unsaturated/α-hetero) is 1. The summed E-state index contributed by atoms with van der Waals surface area (Å²) in [6, 6.07) is 19.7. The number of rotatable bonds is 6. The van der Waals surface area contributed by atoms with Crippen molar-refractivity contribution in [2.75, 3.05) is 11.5 Å². The Morgan fingerprint density at radius 3 is 2.59 bits per heavy atom. The Balaban J connectivity index is 1.64. The number of hydrogen-bond acceptors (Lipinski definition) is 6. The van der Waals surface area contributed by atoms with Crippen LogP contribution in [0.5, 0.6) is 0 Å². The number of nitrogens with zero attached hydrogens (tertiary/aromatic N) is 1. The van der Waals surface area contributed by atoms with Gasteiger partial charge in [-0.25, -0.2) is 4.79 Å². The molecule has 0 radical (unpaired) electrons. The number of aliphatic hydroxyl groups is 1. The Kier molecular flexibility index (Phi) is 6.43. The number of amides is 1. The Morgan fingerprint density at radius 2 is 1.84 bits per heavy atom. The largest absolute Gasteiger partial charge is 0.503 e. The molecule has 0 aliphatic carbocycles. The average Bonchev–Trinajstić information content (AvgIpc) is 3.42. The molecule has 1 atom stereocenters. The molecule has 4 aromatic rings. The van der Waals surface area contributed by atoms with E-state index in [0.717, 1.165) is 10.0 Å². The Morgan fingerprint density at radius 1 is 1.05 bits per heavy atom. The van der Waals surface area contributed by atoms with Gasteiger partial charge in [-0.1, -0.05) is 51.8 Å². The molecule has 1 aliphatic rings. The highest BCUT2D eigenvalue weighted by Gasteiger charge is 2.45. The number of carbonyl (C=O) groups excluding carboxylic acids is 3. The maximum absolute atomic E-state index is 13.8. The lowest BCUT2D eigenvalue weighted by atomic mass is 9.93. The second kappa shape index (κ2) is 9.71. The van der Waals surface area contributed by atoms with Gasteiger partial charge in [0, 0.05) is 15.5 Å². The van der Waals surface area contributed by atoms with Crippen molar-refractivity contribution in [2.45, 2.75) is 19.9 Å². The minimum Gasteiger partial charge on any atom is -0.503 e. The van der Waals surface area contributed by atoms with Gasteiger partial charge in [-0.3, -0.25) is 14.5 Å². The lowest BCUT2D eigenvalue weighted by Crippen LogP contribution is -2.31. The number of ether oxygens (including phenoxy) is 1. The molecular weight excluding hydrogens is 538 g/mol. The van der Waals surface area contributed by atoms with Crippen LogP contribution in [0, 0.1) is 6.92 Å². The van der Waals surface area contributed by atoms with E-state index in [-0.39, 0.29) is 23.5 Å². The van der Waals surface area contributed by atoms with E-state index < -0.39 is 29.5 Å². The summed E-state index contributed by atoms with van der Waals surface area (Å²) in [6.45, 7) is 3.80. The fourth-order valence-electron chi connectivity index (χ4n) is 4.52. The number of anilines is 1. The van der Waals surface area contributed by atoms with E-state index in [1.807, 2.05) is 31.2 Å². The van der Waals surface area contributed by atoms with E-state index in [9.17, 15) is 19.5 Å². The summed E-state index contributed by atoms with van der Waals surface area (Å²) in [5, 5.41) is 11.7. The molecule has 0 saturated carbocycles. The topological polar surface area (TPSA) is 97.0 Å². The highest BCUT2D eigenvalue weighted by Crippen LogP contribution is 2.42. The number of benzene rings is 3. The van der Waals surface area contributed by atoms with E-state index in [1.165, 1.54) is 11.0 Å². The molecular formula is C29H22BrNO6. The molecule has 1 N–H and O–H groups in total. The summed E-state index contributed by atoms with van der Waals surface area (Å²) in [6.07, 6.45) is 0. The van der Waals surface area contributed by atoms with E-state index in [2.05, 4.69) is 15.9 Å². The van der Waals surface area contributed by atoms with Crippen LogP contribution in [0.2, 0.25) is 0 Å². The first kappa shape index (κ1) is 24.5. The first-order valence-electron chi connectivity index (χ1n) is 11.6. The van der Waals surface area contributed by atoms with Gasteiger partial charge in [0.15, 0.2) is 11.5 Å². The van der Waals surface area contributed by atoms with Crippen LogP contribution >= 0.6 is 15.9 Å². The number of ketones is 1. The van der Waals surface area contributed by atoms with Crippen molar-refractivity contribution in [2.24, 2.45) is 0 Å². The molecule has 8 heteroatoms. The second-order valence-electron chi connectivity index (χ2n) is 8.65. The minimum absolute atomic E-state index is 0.00206. The predicted octanol–water partition coefficient (Wildman–Crippen LogP) is 6.46. The van der Waals surface area contributed by atoms with Crippen molar-refractivity contribution in [3.05, 3.63) is 111 Å². The number of aliphatic hydroxyl groups excluding tert-OH is 1. The monoisotopic (exact) mass is 559 g/mol. The van der Waals surface area contributed by atoms with Gasteiger partial charge in [0.2, 0.25) is 5.78 Å².